The van der Waals surface area contributed by atoms with Crippen LogP contribution in [-0.4, -0.2) is 24.6 Å². The number of allylic oxidation sites excluding steroid dienone is 2. The van der Waals surface area contributed by atoms with E-state index in [2.05, 4.69) is 0 Å². The van der Waals surface area contributed by atoms with Gasteiger partial charge in [0.05, 0.1) is 4.91 Å². The van der Waals surface area contributed by atoms with Crippen molar-refractivity contribution in [2.75, 3.05) is 0 Å². The number of carbonyl (C=O) groups is 1. The van der Waals surface area contributed by atoms with Crippen LogP contribution in [0.3, 0.4) is 0 Å². The average molecular weight is 252 g/mol. The molecule has 88 valence electrons. The van der Waals surface area contributed by atoms with Crippen molar-refractivity contribution in [3.8, 4) is 5.75 Å². The zero-order valence-corrected chi connectivity index (χ0v) is 9.31. The molecule has 0 unspecified atom stereocenters. The van der Waals surface area contributed by atoms with Gasteiger partial charge in [-0.15, -0.1) is 0 Å². The highest BCUT2D eigenvalue weighted by Gasteiger charge is 2.34. The van der Waals surface area contributed by atoms with Gasteiger partial charge < -0.3 is 10.2 Å². The van der Waals surface area contributed by atoms with Crippen LogP contribution in [0.15, 0.2) is 41.3 Å². The number of aromatic hydroxyl groups is 1. The first kappa shape index (κ1) is 11.4. The lowest BCUT2D eigenvalue weighted by Gasteiger charge is -2.06. The number of phenolic OH excluding ortho intramolecular Hbond substituents is 1. The number of rotatable bonds is 2. The van der Waals surface area contributed by atoms with E-state index in [0.717, 1.165) is 6.08 Å². The molecule has 1 heterocycles. The third-order valence-electron chi connectivity index (χ3n) is 2.35. The maximum Gasteiger partial charge on any atom is 0.347 e. The summed E-state index contributed by atoms with van der Waals surface area (Å²) < 4.78 is 23.7. The van der Waals surface area contributed by atoms with Gasteiger partial charge in [-0.2, -0.15) is 0 Å². The van der Waals surface area contributed by atoms with Crippen LogP contribution in [0.1, 0.15) is 5.56 Å². The van der Waals surface area contributed by atoms with Crippen LogP contribution < -0.4 is 0 Å². The molecule has 0 saturated carbocycles. The van der Waals surface area contributed by atoms with Crippen molar-refractivity contribution in [2.24, 2.45) is 0 Å². The molecule has 0 fully saturated rings. The van der Waals surface area contributed by atoms with Crippen LogP contribution in [0, 0.1) is 0 Å². The normalized spacial score (nSPS) is 17.4. The monoisotopic (exact) mass is 252 g/mol. The second-order valence-electron chi connectivity index (χ2n) is 3.39. The lowest BCUT2D eigenvalue weighted by molar-refractivity contribution is -0.131. The van der Waals surface area contributed by atoms with Gasteiger partial charge >= 0.3 is 5.97 Å². The van der Waals surface area contributed by atoms with Crippen LogP contribution in [0.25, 0.3) is 4.91 Å². The zero-order valence-electron chi connectivity index (χ0n) is 8.49. The lowest BCUT2D eigenvalue weighted by Crippen LogP contribution is -2.11. The molecule has 1 aromatic carbocycles. The number of carboxylic acid groups (broad SMARTS) is 1. The highest BCUT2D eigenvalue weighted by Crippen LogP contribution is 2.36. The molecule has 2 rings (SSSR count). The number of carboxylic acids is 1. The van der Waals surface area contributed by atoms with Gasteiger partial charge in [-0.1, -0.05) is 12.1 Å². The highest BCUT2D eigenvalue weighted by molar-refractivity contribution is 8.05. The molecule has 0 aromatic heterocycles. The molecule has 0 atom stereocenters. The first-order valence-electron chi connectivity index (χ1n) is 4.63. The van der Waals surface area contributed by atoms with E-state index in [0.29, 0.717) is 0 Å². The minimum Gasteiger partial charge on any atom is -0.507 e. The van der Waals surface area contributed by atoms with Gasteiger partial charge in [0, 0.05) is 5.56 Å². The van der Waals surface area contributed by atoms with Crippen molar-refractivity contribution >= 4 is 20.7 Å². The van der Waals surface area contributed by atoms with E-state index in [9.17, 15) is 18.3 Å². The number of para-hydroxylation sites is 1. The largest absolute Gasteiger partial charge is 0.507 e. The molecule has 0 radical (unpaired) electrons. The molecule has 0 aliphatic carbocycles. The summed E-state index contributed by atoms with van der Waals surface area (Å²) in [5.74, 6) is -1.71. The Kier molecular flexibility index (Phi) is 2.51. The van der Waals surface area contributed by atoms with Gasteiger partial charge in [-0.25, -0.2) is 13.2 Å². The van der Waals surface area contributed by atoms with Crippen LogP contribution in [0.5, 0.6) is 5.75 Å². The smallest absolute Gasteiger partial charge is 0.347 e. The zero-order chi connectivity index (χ0) is 12.6. The average Bonchev–Trinajstić information content (AvgIpc) is 2.54. The minimum atomic E-state index is -4.04. The second kappa shape index (κ2) is 3.74. The lowest BCUT2D eigenvalue weighted by atomic mass is 10.2. The van der Waals surface area contributed by atoms with E-state index >= 15 is 0 Å². The molecule has 17 heavy (non-hydrogen) atoms. The fourth-order valence-corrected chi connectivity index (χ4v) is 2.98. The fraction of sp³-hybridized carbons (Fsp3) is 0. The van der Waals surface area contributed by atoms with Gasteiger partial charge in [0.2, 0.25) is 9.84 Å². The maximum atomic E-state index is 11.9. The van der Waals surface area contributed by atoms with Crippen LogP contribution >= 0.6 is 0 Å². The molecule has 0 saturated heterocycles. The van der Waals surface area contributed by atoms with Gasteiger partial charge in [0.15, 0.2) is 4.91 Å². The molecule has 2 N–H and O–H groups in total. The van der Waals surface area contributed by atoms with Crippen molar-refractivity contribution in [3.05, 3.63) is 46.9 Å². The van der Waals surface area contributed by atoms with E-state index in [-0.39, 0.29) is 16.2 Å². The molecule has 0 bridgehead atoms. The van der Waals surface area contributed by atoms with Crippen molar-refractivity contribution in [3.63, 3.8) is 0 Å². The summed E-state index contributed by atoms with van der Waals surface area (Å²) in [6, 6.07) is 5.86. The number of hydrogen-bond acceptors (Lipinski definition) is 4. The van der Waals surface area contributed by atoms with Gasteiger partial charge in [-0.3, -0.25) is 0 Å². The Bertz CT molecular complexity index is 652. The standard InChI is InChI=1S/C11H8O5S/c12-8-4-2-1-3-7(8)9-5-6-10(11(13)14)17(9,15)16/h1-6,12H,(H,13,14). The first-order valence-corrected chi connectivity index (χ1v) is 6.11. The molecule has 6 heteroatoms. The van der Waals surface area contributed by atoms with E-state index < -0.39 is 20.7 Å². The number of sulfone groups is 1. The quantitative estimate of drug-likeness (QED) is 0.823. The van der Waals surface area contributed by atoms with Crippen LogP contribution in [0.2, 0.25) is 0 Å². The third-order valence-corrected chi connectivity index (χ3v) is 4.17. The predicted octanol–water partition coefficient (Wildman–Crippen LogP) is 1.13. The Morgan fingerprint density at radius 2 is 1.76 bits per heavy atom. The van der Waals surface area contributed by atoms with Crippen molar-refractivity contribution in [1.82, 2.24) is 0 Å². The van der Waals surface area contributed by atoms with Crippen molar-refractivity contribution in [1.29, 1.82) is 0 Å². The second-order valence-corrected chi connectivity index (χ2v) is 5.27. The Balaban J connectivity index is 2.55. The van der Waals surface area contributed by atoms with Gasteiger partial charge in [0.1, 0.15) is 5.75 Å². The Morgan fingerprint density at radius 3 is 2.29 bits per heavy atom. The summed E-state index contributed by atoms with van der Waals surface area (Å²) in [6.07, 6.45) is 2.19. The summed E-state index contributed by atoms with van der Waals surface area (Å²) in [5.41, 5.74) is 0.0972. The maximum absolute atomic E-state index is 11.9. The molecule has 0 amide bonds. The van der Waals surface area contributed by atoms with Crippen LogP contribution in [-0.2, 0) is 14.6 Å². The van der Waals surface area contributed by atoms with E-state index in [4.69, 9.17) is 5.11 Å². The Hall–Kier alpha value is -2.08. The summed E-state index contributed by atoms with van der Waals surface area (Å²) >= 11 is 0. The summed E-state index contributed by atoms with van der Waals surface area (Å²) in [6.45, 7) is 0. The summed E-state index contributed by atoms with van der Waals surface area (Å²) in [5, 5.41) is 18.3. The topological polar surface area (TPSA) is 91.7 Å². The van der Waals surface area contributed by atoms with Crippen molar-refractivity contribution < 1.29 is 23.4 Å². The molecular formula is C11H8O5S. The fourth-order valence-electron chi connectivity index (χ4n) is 1.55. The van der Waals surface area contributed by atoms with Gasteiger partial charge in [-0.05, 0) is 24.3 Å². The molecule has 5 nitrogen and oxygen atoms in total. The third kappa shape index (κ3) is 1.72. The number of aliphatic carboxylic acids is 1. The van der Waals surface area contributed by atoms with Crippen LogP contribution in [0.4, 0.5) is 0 Å². The summed E-state index contributed by atoms with van der Waals surface area (Å²) in [4.78, 5) is 9.85. The van der Waals surface area contributed by atoms with E-state index in [1.165, 1.54) is 18.2 Å². The predicted molar refractivity (Wildman–Crippen MR) is 60.7 cm³/mol. The summed E-state index contributed by atoms with van der Waals surface area (Å²) in [7, 11) is -4.04. The first-order chi connectivity index (χ1) is 7.94. The van der Waals surface area contributed by atoms with E-state index in [1.807, 2.05) is 0 Å². The Morgan fingerprint density at radius 1 is 1.12 bits per heavy atom. The molecule has 1 aliphatic heterocycles. The van der Waals surface area contributed by atoms with Gasteiger partial charge in [0.25, 0.3) is 0 Å². The van der Waals surface area contributed by atoms with Crippen molar-refractivity contribution in [2.45, 2.75) is 0 Å². The molecule has 1 aliphatic rings. The molecular weight excluding hydrogens is 244 g/mol. The Labute approximate surface area is 97.2 Å². The van der Waals surface area contributed by atoms with E-state index in [1.54, 1.807) is 12.1 Å². The SMILES string of the molecule is O=C(O)C1=CC=C(c2ccccc2O)S1(=O)=O. The minimum absolute atomic E-state index is 0.0972. The number of benzene rings is 1. The molecule has 0 spiro atoms. The number of hydrogen-bond donors (Lipinski definition) is 2. The molecule has 1 aromatic rings. The highest BCUT2D eigenvalue weighted by atomic mass is 32.2. The number of phenols is 1.